The first-order valence-corrected chi connectivity index (χ1v) is 8.77. The van der Waals surface area contributed by atoms with Crippen molar-refractivity contribution in [3.8, 4) is 0 Å². The number of hydrogen-bond acceptors (Lipinski definition) is 5. The Labute approximate surface area is 173 Å². The van der Waals surface area contributed by atoms with Gasteiger partial charge in [0.25, 0.3) is 11.8 Å². The summed E-state index contributed by atoms with van der Waals surface area (Å²) in [6.45, 7) is -1.04. The van der Waals surface area contributed by atoms with Crippen molar-refractivity contribution in [2.24, 2.45) is 0 Å². The van der Waals surface area contributed by atoms with E-state index >= 15 is 0 Å². The van der Waals surface area contributed by atoms with Crippen LogP contribution < -0.4 is 10.6 Å². The second-order valence-corrected chi connectivity index (χ2v) is 6.69. The number of aromatic nitrogens is 1. The SMILES string of the molecule is O=C(COC(=O)CNC(=O)c1ccc(Cl)cc1Cl)Nc1ncc(Cl)cc1Cl. The number of amides is 2. The van der Waals surface area contributed by atoms with Crippen LogP contribution >= 0.6 is 46.4 Å². The Morgan fingerprint density at radius 3 is 2.37 bits per heavy atom. The van der Waals surface area contributed by atoms with E-state index in [1.807, 2.05) is 0 Å². The molecule has 2 amide bonds. The van der Waals surface area contributed by atoms with Crippen molar-refractivity contribution < 1.29 is 19.1 Å². The minimum Gasteiger partial charge on any atom is -0.454 e. The molecule has 1 aromatic heterocycles. The van der Waals surface area contributed by atoms with E-state index in [4.69, 9.17) is 51.1 Å². The molecule has 2 N–H and O–H groups in total. The van der Waals surface area contributed by atoms with E-state index in [0.717, 1.165) is 0 Å². The summed E-state index contributed by atoms with van der Waals surface area (Å²) >= 11 is 23.2. The number of benzene rings is 1. The average Bonchev–Trinajstić information content (AvgIpc) is 2.60. The summed E-state index contributed by atoms with van der Waals surface area (Å²) in [6, 6.07) is 5.70. The van der Waals surface area contributed by atoms with Crippen LogP contribution in [-0.4, -0.2) is 35.9 Å². The number of ether oxygens (including phenoxy) is 1. The van der Waals surface area contributed by atoms with Gasteiger partial charge in [0.15, 0.2) is 12.4 Å². The predicted molar refractivity (Wildman–Crippen MR) is 103 cm³/mol. The van der Waals surface area contributed by atoms with Crippen molar-refractivity contribution in [1.82, 2.24) is 10.3 Å². The van der Waals surface area contributed by atoms with Crippen LogP contribution in [0.25, 0.3) is 0 Å². The molecule has 0 aliphatic rings. The minimum absolute atomic E-state index is 0.0767. The highest BCUT2D eigenvalue weighted by Gasteiger charge is 2.14. The smallest absolute Gasteiger partial charge is 0.325 e. The molecule has 0 spiro atoms. The van der Waals surface area contributed by atoms with Gasteiger partial charge in [-0.3, -0.25) is 14.4 Å². The van der Waals surface area contributed by atoms with E-state index in [2.05, 4.69) is 15.6 Å². The first-order valence-electron chi connectivity index (χ1n) is 7.26. The monoisotopic (exact) mass is 449 g/mol. The van der Waals surface area contributed by atoms with Gasteiger partial charge in [-0.2, -0.15) is 0 Å². The molecule has 0 aliphatic carbocycles. The molecule has 0 radical (unpaired) electrons. The van der Waals surface area contributed by atoms with Gasteiger partial charge >= 0.3 is 5.97 Å². The quantitative estimate of drug-likeness (QED) is 0.655. The van der Waals surface area contributed by atoms with Gasteiger partial charge in [-0.05, 0) is 24.3 Å². The van der Waals surface area contributed by atoms with Crippen molar-refractivity contribution in [2.45, 2.75) is 0 Å². The van der Waals surface area contributed by atoms with Crippen LogP contribution in [0.3, 0.4) is 0 Å². The fourth-order valence-electron chi connectivity index (χ4n) is 1.79. The summed E-state index contributed by atoms with van der Waals surface area (Å²) < 4.78 is 4.76. The topological polar surface area (TPSA) is 97.4 Å². The molecule has 0 unspecified atom stereocenters. The van der Waals surface area contributed by atoms with Gasteiger partial charge in [-0.25, -0.2) is 4.98 Å². The normalized spacial score (nSPS) is 10.2. The standard InChI is InChI=1S/C16H11Cl4N3O4/c17-8-1-2-10(11(19)3-8)16(26)22-6-14(25)27-7-13(24)23-15-12(20)4-9(18)5-21-15/h1-5H,6-7H2,(H,22,26)(H,21,23,24). The number of nitrogens with zero attached hydrogens (tertiary/aromatic N) is 1. The summed E-state index contributed by atoms with van der Waals surface area (Å²) in [5, 5.41) is 5.64. The molecule has 142 valence electrons. The molecule has 0 fully saturated rings. The molecule has 27 heavy (non-hydrogen) atoms. The van der Waals surface area contributed by atoms with E-state index in [0.29, 0.717) is 10.0 Å². The number of rotatable bonds is 6. The summed E-state index contributed by atoms with van der Waals surface area (Å²) in [5.41, 5.74) is 0.148. The highest BCUT2D eigenvalue weighted by molar-refractivity contribution is 6.37. The van der Waals surface area contributed by atoms with Gasteiger partial charge in [0.1, 0.15) is 6.54 Å². The van der Waals surface area contributed by atoms with Crippen LogP contribution in [0.1, 0.15) is 10.4 Å². The fourth-order valence-corrected chi connectivity index (χ4v) is 2.71. The zero-order valence-electron chi connectivity index (χ0n) is 13.4. The fraction of sp³-hybridized carbons (Fsp3) is 0.125. The Hall–Kier alpha value is -2.06. The molecular formula is C16H11Cl4N3O4. The van der Waals surface area contributed by atoms with Crippen LogP contribution in [0.4, 0.5) is 5.82 Å². The van der Waals surface area contributed by atoms with Gasteiger partial charge in [0.05, 0.1) is 20.6 Å². The first-order chi connectivity index (χ1) is 12.8. The molecule has 1 aromatic carbocycles. The first kappa shape index (κ1) is 21.2. The predicted octanol–water partition coefficient (Wildman–Crippen LogP) is 3.61. The van der Waals surface area contributed by atoms with E-state index in [-0.39, 0.29) is 21.4 Å². The number of esters is 1. The van der Waals surface area contributed by atoms with Gasteiger partial charge in [-0.1, -0.05) is 46.4 Å². The van der Waals surface area contributed by atoms with Crippen molar-refractivity contribution >= 4 is 70.0 Å². The maximum absolute atomic E-state index is 12.0. The molecule has 2 rings (SSSR count). The van der Waals surface area contributed by atoms with E-state index in [9.17, 15) is 14.4 Å². The Balaban J connectivity index is 1.78. The average molecular weight is 451 g/mol. The number of carbonyl (C=O) groups is 3. The lowest BCUT2D eigenvalue weighted by atomic mass is 10.2. The van der Waals surface area contributed by atoms with Crippen molar-refractivity contribution in [3.05, 3.63) is 56.1 Å². The van der Waals surface area contributed by atoms with Gasteiger partial charge in [0, 0.05) is 11.2 Å². The van der Waals surface area contributed by atoms with Crippen LogP contribution in [0, 0.1) is 0 Å². The highest BCUT2D eigenvalue weighted by Crippen LogP contribution is 2.22. The number of pyridine rings is 1. The van der Waals surface area contributed by atoms with E-state index in [1.54, 1.807) is 0 Å². The number of anilines is 1. The van der Waals surface area contributed by atoms with Crippen LogP contribution in [0.5, 0.6) is 0 Å². The molecule has 11 heteroatoms. The highest BCUT2D eigenvalue weighted by atomic mass is 35.5. The number of hydrogen-bond donors (Lipinski definition) is 2. The zero-order chi connectivity index (χ0) is 20.0. The maximum atomic E-state index is 12.0. The lowest BCUT2D eigenvalue weighted by molar-refractivity contribution is -0.146. The second-order valence-electron chi connectivity index (χ2n) is 5.00. The molecule has 0 aliphatic heterocycles. The van der Waals surface area contributed by atoms with Gasteiger partial charge in [-0.15, -0.1) is 0 Å². The number of carbonyl (C=O) groups excluding carboxylic acids is 3. The molecule has 0 saturated carbocycles. The Morgan fingerprint density at radius 1 is 1.00 bits per heavy atom. The molecule has 0 bridgehead atoms. The van der Waals surface area contributed by atoms with Crippen LogP contribution in [0.2, 0.25) is 20.1 Å². The molecule has 1 heterocycles. The van der Waals surface area contributed by atoms with Gasteiger partial charge < -0.3 is 15.4 Å². The molecule has 2 aromatic rings. The summed E-state index contributed by atoms with van der Waals surface area (Å²) in [4.78, 5) is 39.2. The third kappa shape index (κ3) is 6.55. The lowest BCUT2D eigenvalue weighted by Crippen LogP contribution is -2.32. The summed E-state index contributed by atoms with van der Waals surface area (Å²) in [5.74, 6) is -1.99. The zero-order valence-corrected chi connectivity index (χ0v) is 16.4. The van der Waals surface area contributed by atoms with Crippen LogP contribution in [-0.2, 0) is 14.3 Å². The molecular weight excluding hydrogens is 440 g/mol. The Morgan fingerprint density at radius 2 is 1.70 bits per heavy atom. The maximum Gasteiger partial charge on any atom is 0.325 e. The van der Waals surface area contributed by atoms with E-state index in [1.165, 1.54) is 30.5 Å². The minimum atomic E-state index is -0.821. The summed E-state index contributed by atoms with van der Waals surface area (Å²) in [7, 11) is 0. The molecule has 0 atom stereocenters. The Kier molecular flexibility index (Phi) is 7.67. The number of nitrogens with one attached hydrogen (secondary N) is 2. The molecule has 0 saturated heterocycles. The van der Waals surface area contributed by atoms with Crippen molar-refractivity contribution in [1.29, 1.82) is 0 Å². The summed E-state index contributed by atoms with van der Waals surface area (Å²) in [6.07, 6.45) is 1.30. The van der Waals surface area contributed by atoms with Crippen LogP contribution in [0.15, 0.2) is 30.5 Å². The largest absolute Gasteiger partial charge is 0.454 e. The second kappa shape index (κ2) is 9.75. The number of halogens is 4. The third-order valence-corrected chi connectivity index (χ3v) is 4.04. The van der Waals surface area contributed by atoms with Gasteiger partial charge in [0.2, 0.25) is 0 Å². The lowest BCUT2D eigenvalue weighted by Gasteiger charge is -2.09. The third-order valence-electron chi connectivity index (χ3n) is 3.00. The molecule has 7 nitrogen and oxygen atoms in total. The van der Waals surface area contributed by atoms with Crippen molar-refractivity contribution in [2.75, 3.05) is 18.5 Å². The Bertz CT molecular complexity index is 892. The van der Waals surface area contributed by atoms with Crippen molar-refractivity contribution in [3.63, 3.8) is 0 Å². The van der Waals surface area contributed by atoms with E-state index < -0.39 is 30.9 Å².